The van der Waals surface area contributed by atoms with Crippen LogP contribution in [0.3, 0.4) is 0 Å². The topological polar surface area (TPSA) is 168 Å². The van der Waals surface area contributed by atoms with Crippen molar-refractivity contribution < 1.29 is 26.9 Å². The molecule has 13 nitrogen and oxygen atoms in total. The molecule has 238 valence electrons. The predicted molar refractivity (Wildman–Crippen MR) is 164 cm³/mol. The van der Waals surface area contributed by atoms with Crippen molar-refractivity contribution in [3.8, 4) is 5.75 Å². The molecule has 2 aromatic heterocycles. The third-order valence-electron chi connectivity index (χ3n) is 7.31. The predicted octanol–water partition coefficient (Wildman–Crippen LogP) is 4.72. The van der Waals surface area contributed by atoms with Crippen LogP contribution in [0.4, 0.5) is 31.9 Å². The Balaban J connectivity index is 1.50. The number of H-pyrrole nitrogens is 1. The Hall–Kier alpha value is -4.35. The van der Waals surface area contributed by atoms with E-state index in [9.17, 15) is 18.5 Å². The maximum absolute atomic E-state index is 15.6. The summed E-state index contributed by atoms with van der Waals surface area (Å²) < 4.78 is 61.6. The first-order chi connectivity index (χ1) is 21.3. The molecular weight excluding hydrogens is 630 g/mol. The van der Waals surface area contributed by atoms with Crippen LogP contribution in [0.5, 0.6) is 5.75 Å². The van der Waals surface area contributed by atoms with Gasteiger partial charge in [-0.2, -0.15) is 9.49 Å². The normalized spacial score (nSPS) is 14.0. The van der Waals surface area contributed by atoms with Crippen molar-refractivity contribution in [1.82, 2.24) is 25.5 Å². The highest BCUT2D eigenvalue weighted by atomic mass is 32.2. The largest absolute Gasteiger partial charge is 0.490 e. The van der Waals surface area contributed by atoms with Gasteiger partial charge in [-0.1, -0.05) is 12.1 Å². The van der Waals surface area contributed by atoms with Gasteiger partial charge < -0.3 is 20.3 Å². The summed E-state index contributed by atoms with van der Waals surface area (Å²) in [4.78, 5) is 21.2. The summed E-state index contributed by atoms with van der Waals surface area (Å²) >= 11 is 0.879. The third-order valence-corrected chi connectivity index (χ3v) is 10.7. The highest BCUT2D eigenvalue weighted by molar-refractivity contribution is 7.99. The molecule has 0 spiro atoms. The van der Waals surface area contributed by atoms with E-state index in [1.54, 1.807) is 6.07 Å². The highest BCUT2D eigenvalue weighted by Crippen LogP contribution is 2.41. The van der Waals surface area contributed by atoms with Crippen LogP contribution in [0.15, 0.2) is 57.4 Å². The molecule has 0 bridgehead atoms. The molecule has 1 aliphatic heterocycles. The average molecular weight is 661 g/mol. The number of aryl methyl sites for hydroxylation is 1. The molecule has 2 aromatic carbocycles. The van der Waals surface area contributed by atoms with E-state index in [4.69, 9.17) is 4.74 Å². The van der Waals surface area contributed by atoms with Gasteiger partial charge in [-0.15, -0.1) is 0 Å². The second-order valence-corrected chi connectivity index (χ2v) is 14.1. The van der Waals surface area contributed by atoms with Crippen LogP contribution in [-0.2, 0) is 14.6 Å². The van der Waals surface area contributed by atoms with Crippen molar-refractivity contribution in [3.05, 3.63) is 75.5 Å². The number of methoxy groups -OCH3 is 1. The Morgan fingerprint density at radius 2 is 1.87 bits per heavy atom. The first kappa shape index (κ1) is 32.1. The molecule has 0 radical (unpaired) electrons. The van der Waals surface area contributed by atoms with Crippen molar-refractivity contribution in [1.29, 1.82) is 0 Å². The second kappa shape index (κ2) is 12.6. The lowest BCUT2D eigenvalue weighted by Gasteiger charge is -2.30. The van der Waals surface area contributed by atoms with Gasteiger partial charge in [-0.25, -0.2) is 22.8 Å². The Kier molecular flexibility index (Phi) is 8.95. The number of nitro groups is 1. The van der Waals surface area contributed by atoms with E-state index >= 15 is 8.78 Å². The zero-order valence-electron chi connectivity index (χ0n) is 24.7. The fourth-order valence-electron chi connectivity index (χ4n) is 4.83. The molecule has 0 amide bonds. The molecule has 3 N–H and O–H groups in total. The highest BCUT2D eigenvalue weighted by Gasteiger charge is 2.41. The van der Waals surface area contributed by atoms with Gasteiger partial charge in [0.1, 0.15) is 5.82 Å². The summed E-state index contributed by atoms with van der Waals surface area (Å²) in [5.41, 5.74) is -0.449. The first-order valence-corrected chi connectivity index (χ1v) is 16.0. The van der Waals surface area contributed by atoms with Crippen LogP contribution in [0.25, 0.3) is 0 Å². The molecule has 45 heavy (non-hydrogen) atoms. The number of benzene rings is 2. The van der Waals surface area contributed by atoms with E-state index in [0.717, 1.165) is 48.7 Å². The van der Waals surface area contributed by atoms with Gasteiger partial charge in [0.05, 0.1) is 26.6 Å². The maximum atomic E-state index is 15.6. The Bertz CT molecular complexity index is 1860. The number of piperazine rings is 1. The molecule has 0 unspecified atom stereocenters. The number of hydrogen-bond acceptors (Lipinski definition) is 12. The summed E-state index contributed by atoms with van der Waals surface area (Å²) in [6.07, 6.45) is 0. The number of rotatable bonds is 10. The van der Waals surface area contributed by atoms with Crippen molar-refractivity contribution in [3.63, 3.8) is 0 Å². The van der Waals surface area contributed by atoms with Crippen LogP contribution in [0.2, 0.25) is 0 Å². The number of nitrogens with one attached hydrogen (secondary N) is 3. The standard InChI is InChI=1S/C28H30F2N8O5S2/c1-16-14-22(36-35-16)32-25-24(43-4)26(37-12-10-31-11-13-37)34-27(33-25)44-21-9-8-17(15-19(21)29)45(41,42)28(2,3)18-6-5-7-20(23(18)30)38(39)40/h5-9,14-15,31H,10-13H2,1-4H3,(H2,32,33,34,35,36). The SMILES string of the molecule is COc1c(Nc2cc(C)[nH]n2)nc(Sc2ccc(S(=O)(=O)C(C)(C)c3cccc([N+](=O)[O-])c3F)cc2F)nc1N1CCNCC1. The van der Waals surface area contributed by atoms with E-state index in [0.29, 0.717) is 36.3 Å². The zero-order chi connectivity index (χ0) is 32.5. The summed E-state index contributed by atoms with van der Waals surface area (Å²) in [5.74, 6) is -0.497. The van der Waals surface area contributed by atoms with E-state index < -0.39 is 47.3 Å². The first-order valence-electron chi connectivity index (χ1n) is 13.7. The quantitative estimate of drug-likeness (QED) is 0.122. The molecule has 1 aliphatic rings. The zero-order valence-corrected chi connectivity index (χ0v) is 26.4. The number of nitro benzene ring substituents is 1. The summed E-state index contributed by atoms with van der Waals surface area (Å²) in [6, 6.07) is 8.39. The summed E-state index contributed by atoms with van der Waals surface area (Å²) in [7, 11) is -2.93. The fourth-order valence-corrected chi connectivity index (χ4v) is 7.13. The number of ether oxygens (including phenoxy) is 1. The average Bonchev–Trinajstić information content (AvgIpc) is 3.42. The molecule has 1 fully saturated rings. The smallest absolute Gasteiger partial charge is 0.305 e. The van der Waals surface area contributed by atoms with E-state index in [1.807, 2.05) is 11.8 Å². The van der Waals surface area contributed by atoms with Crippen LogP contribution < -0.4 is 20.3 Å². The minimum atomic E-state index is -4.43. The molecule has 1 saturated heterocycles. The number of nitrogens with zero attached hydrogens (tertiary/aromatic N) is 5. The lowest BCUT2D eigenvalue weighted by molar-refractivity contribution is -0.387. The Morgan fingerprint density at radius 1 is 1.13 bits per heavy atom. The number of halogens is 2. The van der Waals surface area contributed by atoms with Gasteiger partial charge in [0, 0.05) is 49.6 Å². The van der Waals surface area contributed by atoms with Gasteiger partial charge in [0.15, 0.2) is 32.4 Å². The molecular formula is C28H30F2N8O5S2. The second-order valence-electron chi connectivity index (χ2n) is 10.6. The van der Waals surface area contributed by atoms with Gasteiger partial charge >= 0.3 is 5.69 Å². The van der Waals surface area contributed by atoms with E-state index in [2.05, 4.69) is 30.8 Å². The number of hydrogen-bond donors (Lipinski definition) is 3. The Morgan fingerprint density at radius 3 is 2.49 bits per heavy atom. The van der Waals surface area contributed by atoms with Crippen LogP contribution >= 0.6 is 11.8 Å². The minimum Gasteiger partial charge on any atom is -0.490 e. The molecule has 3 heterocycles. The Labute approximate surface area is 261 Å². The van der Waals surface area contributed by atoms with Crippen LogP contribution in [0.1, 0.15) is 25.1 Å². The molecule has 5 rings (SSSR count). The number of aromatic nitrogens is 4. The van der Waals surface area contributed by atoms with Gasteiger partial charge in [-0.3, -0.25) is 15.2 Å². The van der Waals surface area contributed by atoms with Crippen molar-refractivity contribution in [2.45, 2.75) is 40.5 Å². The minimum absolute atomic E-state index is 0.0336. The summed E-state index contributed by atoms with van der Waals surface area (Å²) in [5, 5.41) is 24.8. The number of aromatic amines is 1. The lowest BCUT2D eigenvalue weighted by atomic mass is 10.0. The number of sulfone groups is 1. The summed E-state index contributed by atoms with van der Waals surface area (Å²) in [6.45, 7) is 6.99. The van der Waals surface area contributed by atoms with E-state index in [-0.39, 0.29) is 10.1 Å². The van der Waals surface area contributed by atoms with Gasteiger partial charge in [-0.05, 0) is 50.7 Å². The fraction of sp³-hybridized carbons (Fsp3) is 0.321. The van der Waals surface area contributed by atoms with Gasteiger partial charge in [0.25, 0.3) is 0 Å². The third kappa shape index (κ3) is 6.27. The van der Waals surface area contributed by atoms with Crippen molar-refractivity contribution >= 4 is 44.7 Å². The molecule has 0 saturated carbocycles. The number of anilines is 3. The van der Waals surface area contributed by atoms with Crippen LogP contribution in [-0.4, -0.2) is 66.8 Å². The molecule has 0 atom stereocenters. The molecule has 4 aromatic rings. The molecule has 17 heteroatoms. The molecule has 0 aliphatic carbocycles. The maximum Gasteiger partial charge on any atom is 0.305 e. The van der Waals surface area contributed by atoms with Crippen molar-refractivity contribution in [2.75, 3.05) is 43.5 Å². The van der Waals surface area contributed by atoms with E-state index in [1.165, 1.54) is 39.2 Å². The van der Waals surface area contributed by atoms with Crippen molar-refractivity contribution in [2.24, 2.45) is 0 Å². The van der Waals surface area contributed by atoms with Gasteiger partial charge in [0.2, 0.25) is 11.6 Å². The lowest BCUT2D eigenvalue weighted by Crippen LogP contribution is -2.44. The van der Waals surface area contributed by atoms with Crippen LogP contribution in [0, 0.1) is 28.7 Å². The monoisotopic (exact) mass is 660 g/mol.